The van der Waals surface area contributed by atoms with Gasteiger partial charge in [-0.3, -0.25) is 14.1 Å². The molecule has 2 aromatic rings. The van der Waals surface area contributed by atoms with Crippen LogP contribution in [0.3, 0.4) is 0 Å². The number of hydrogen-bond acceptors (Lipinski definition) is 6. The molecule has 0 saturated carbocycles. The summed E-state index contributed by atoms with van der Waals surface area (Å²) in [6.07, 6.45) is 6.69. The molecule has 160 valence electrons. The monoisotopic (exact) mass is 419 g/mol. The number of likely N-dealkylation sites (N-methyl/N-ethyl adjacent to an activating group) is 1. The van der Waals surface area contributed by atoms with Gasteiger partial charge >= 0.3 is 0 Å². The van der Waals surface area contributed by atoms with Gasteiger partial charge < -0.3 is 14.5 Å². The number of carbonyl (C=O) groups excluding carboxylic acids is 1. The van der Waals surface area contributed by atoms with E-state index in [0.29, 0.717) is 11.8 Å². The molecule has 29 heavy (non-hydrogen) atoms. The van der Waals surface area contributed by atoms with E-state index < -0.39 is 0 Å². The van der Waals surface area contributed by atoms with Crippen molar-refractivity contribution in [2.75, 3.05) is 52.9 Å². The number of nitrogens with zero attached hydrogens (tertiary/aromatic N) is 5. The maximum Gasteiger partial charge on any atom is 0.274 e. The third-order valence-electron chi connectivity index (χ3n) is 5.96. The van der Waals surface area contributed by atoms with Crippen LogP contribution in [0.1, 0.15) is 48.8 Å². The van der Waals surface area contributed by atoms with Gasteiger partial charge in [0.05, 0.1) is 11.8 Å². The predicted octanol–water partition coefficient (Wildman–Crippen LogP) is 2.56. The smallest absolute Gasteiger partial charge is 0.274 e. The molecule has 4 rings (SSSR count). The average molecular weight is 420 g/mol. The van der Waals surface area contributed by atoms with Gasteiger partial charge in [-0.1, -0.05) is 6.92 Å². The molecule has 0 radical (unpaired) electrons. The van der Waals surface area contributed by atoms with Crippen molar-refractivity contribution in [2.45, 2.75) is 45.3 Å². The van der Waals surface area contributed by atoms with Crippen molar-refractivity contribution in [1.29, 1.82) is 0 Å². The van der Waals surface area contributed by atoms with Crippen molar-refractivity contribution in [2.24, 2.45) is 0 Å². The molecule has 2 aliphatic heterocycles. The summed E-state index contributed by atoms with van der Waals surface area (Å²) in [5.41, 5.74) is 1.66. The van der Waals surface area contributed by atoms with Gasteiger partial charge in [-0.15, -0.1) is 11.3 Å². The highest BCUT2D eigenvalue weighted by atomic mass is 32.1. The molecule has 0 N–H and O–H groups in total. The van der Waals surface area contributed by atoms with E-state index in [1.165, 1.54) is 0 Å². The van der Waals surface area contributed by atoms with Crippen molar-refractivity contribution in [3.05, 3.63) is 23.0 Å². The molecule has 1 atom stereocenters. The van der Waals surface area contributed by atoms with Crippen molar-refractivity contribution < 1.29 is 9.53 Å². The Morgan fingerprint density at radius 2 is 2.14 bits per heavy atom. The lowest BCUT2D eigenvalue weighted by Gasteiger charge is -2.32. The van der Waals surface area contributed by atoms with Crippen LogP contribution in [0.15, 0.2) is 11.6 Å². The van der Waals surface area contributed by atoms with Crippen LogP contribution >= 0.6 is 11.3 Å². The Morgan fingerprint density at radius 3 is 3.00 bits per heavy atom. The largest absolute Gasteiger partial charge is 0.377 e. The number of imidazole rings is 1. The Balaban J connectivity index is 1.52. The van der Waals surface area contributed by atoms with E-state index >= 15 is 0 Å². The van der Waals surface area contributed by atoms with Crippen LogP contribution in [0, 0.1) is 0 Å². The maximum atomic E-state index is 13.4. The fourth-order valence-electron chi connectivity index (χ4n) is 4.34. The molecule has 0 aromatic carbocycles. The molecule has 8 heteroatoms. The van der Waals surface area contributed by atoms with E-state index in [0.717, 1.165) is 88.8 Å². The second-order valence-electron chi connectivity index (χ2n) is 8.28. The SMILES string of the molecule is CCCO[C@H]1CCCN(Cc2c(C(=O)N3CCCN(C)CC3)nc3sccn23)C1. The van der Waals surface area contributed by atoms with Crippen molar-refractivity contribution >= 4 is 22.2 Å². The third kappa shape index (κ3) is 4.82. The summed E-state index contributed by atoms with van der Waals surface area (Å²) in [6.45, 7) is 9.25. The molecule has 7 nitrogen and oxygen atoms in total. The number of thiazole rings is 1. The van der Waals surface area contributed by atoms with Gasteiger partial charge in [0.1, 0.15) is 0 Å². The fourth-order valence-corrected chi connectivity index (χ4v) is 5.08. The van der Waals surface area contributed by atoms with E-state index in [1.54, 1.807) is 11.3 Å². The van der Waals surface area contributed by atoms with Gasteiger partial charge in [-0.25, -0.2) is 4.98 Å². The summed E-state index contributed by atoms with van der Waals surface area (Å²) in [4.78, 5) is 25.8. The van der Waals surface area contributed by atoms with Gasteiger partial charge in [-0.05, 0) is 45.8 Å². The average Bonchev–Trinajstić information content (AvgIpc) is 3.24. The quantitative estimate of drug-likeness (QED) is 0.720. The summed E-state index contributed by atoms with van der Waals surface area (Å²) in [7, 11) is 2.12. The molecule has 2 fully saturated rings. The van der Waals surface area contributed by atoms with E-state index in [9.17, 15) is 4.79 Å². The van der Waals surface area contributed by atoms with Crippen LogP contribution < -0.4 is 0 Å². The molecule has 4 heterocycles. The van der Waals surface area contributed by atoms with Crippen LogP contribution in [-0.4, -0.2) is 89.0 Å². The van der Waals surface area contributed by atoms with E-state index in [-0.39, 0.29) is 5.91 Å². The Morgan fingerprint density at radius 1 is 1.24 bits per heavy atom. The Hall–Kier alpha value is -1.48. The number of ether oxygens (including phenoxy) is 1. The third-order valence-corrected chi connectivity index (χ3v) is 6.72. The topological polar surface area (TPSA) is 53.3 Å². The molecule has 1 amide bonds. The molecule has 0 unspecified atom stereocenters. The van der Waals surface area contributed by atoms with Crippen LogP contribution in [0.5, 0.6) is 0 Å². The van der Waals surface area contributed by atoms with E-state index in [2.05, 4.69) is 28.2 Å². The molecular formula is C21H33N5O2S. The summed E-state index contributed by atoms with van der Waals surface area (Å²) >= 11 is 1.59. The molecular weight excluding hydrogens is 386 g/mol. The van der Waals surface area contributed by atoms with Gasteiger partial charge in [0, 0.05) is 50.9 Å². The van der Waals surface area contributed by atoms with Gasteiger partial charge in [0.2, 0.25) is 0 Å². The highest BCUT2D eigenvalue weighted by Gasteiger charge is 2.28. The van der Waals surface area contributed by atoms with Crippen LogP contribution in [0.25, 0.3) is 4.96 Å². The first kappa shape index (κ1) is 20.8. The number of fused-ring (bicyclic) bond motifs is 1. The second-order valence-corrected chi connectivity index (χ2v) is 9.15. The van der Waals surface area contributed by atoms with E-state index in [4.69, 9.17) is 9.72 Å². The minimum Gasteiger partial charge on any atom is -0.377 e. The maximum absolute atomic E-state index is 13.4. The Labute approximate surface area is 177 Å². The highest BCUT2D eigenvalue weighted by molar-refractivity contribution is 7.15. The predicted molar refractivity (Wildman–Crippen MR) is 116 cm³/mol. The zero-order valence-corrected chi connectivity index (χ0v) is 18.5. The molecule has 2 saturated heterocycles. The van der Waals surface area contributed by atoms with Crippen molar-refractivity contribution in [3.63, 3.8) is 0 Å². The molecule has 2 aliphatic rings. The Bertz CT molecular complexity index is 819. The number of piperidine rings is 1. The van der Waals surface area contributed by atoms with Gasteiger partial charge in [-0.2, -0.15) is 0 Å². The highest BCUT2D eigenvalue weighted by Crippen LogP contribution is 2.23. The number of likely N-dealkylation sites (tertiary alicyclic amines) is 1. The number of rotatable bonds is 6. The first-order chi connectivity index (χ1) is 14.2. The van der Waals surface area contributed by atoms with Crippen molar-refractivity contribution in [1.82, 2.24) is 24.1 Å². The first-order valence-electron chi connectivity index (χ1n) is 10.9. The molecule has 0 bridgehead atoms. The summed E-state index contributed by atoms with van der Waals surface area (Å²) < 4.78 is 8.12. The van der Waals surface area contributed by atoms with Crippen LogP contribution in [-0.2, 0) is 11.3 Å². The second kappa shape index (κ2) is 9.55. The fraction of sp³-hybridized carbons (Fsp3) is 0.714. The van der Waals surface area contributed by atoms with Crippen LogP contribution in [0.2, 0.25) is 0 Å². The molecule has 0 aliphatic carbocycles. The lowest BCUT2D eigenvalue weighted by molar-refractivity contribution is -0.00264. The van der Waals surface area contributed by atoms with E-state index in [1.807, 2.05) is 16.5 Å². The normalized spacial score (nSPS) is 22.3. The number of aromatic nitrogens is 2. The minimum atomic E-state index is 0.0852. The first-order valence-corrected chi connectivity index (χ1v) is 11.8. The lowest BCUT2D eigenvalue weighted by atomic mass is 10.1. The number of carbonyl (C=O) groups is 1. The van der Waals surface area contributed by atoms with Crippen molar-refractivity contribution in [3.8, 4) is 0 Å². The summed E-state index contributed by atoms with van der Waals surface area (Å²) in [5, 5.41) is 2.05. The molecule has 0 spiro atoms. The summed E-state index contributed by atoms with van der Waals surface area (Å²) in [5.74, 6) is 0.0852. The van der Waals surface area contributed by atoms with Gasteiger partial charge in [0.15, 0.2) is 10.7 Å². The Kier molecular flexibility index (Phi) is 6.85. The number of hydrogen-bond donors (Lipinski definition) is 0. The lowest BCUT2D eigenvalue weighted by Crippen LogP contribution is -2.40. The zero-order chi connectivity index (χ0) is 20.2. The zero-order valence-electron chi connectivity index (χ0n) is 17.7. The summed E-state index contributed by atoms with van der Waals surface area (Å²) in [6, 6.07) is 0. The number of amides is 1. The van der Waals surface area contributed by atoms with Gasteiger partial charge in [0.25, 0.3) is 5.91 Å². The molecule has 2 aromatic heterocycles. The minimum absolute atomic E-state index is 0.0852. The van der Waals surface area contributed by atoms with Crippen LogP contribution in [0.4, 0.5) is 0 Å². The standard InChI is InChI=1S/C21H33N5O2S/c1-3-13-28-17-6-4-8-24(15-17)16-18-19(22-21-26(18)12-14-29-21)20(27)25-9-5-7-23(2)10-11-25/h12,14,17H,3-11,13,15-16H2,1-2H3/t17-/m0/s1.